The number of carbonyl (C=O) groups excluding carboxylic acids is 2. The summed E-state index contributed by atoms with van der Waals surface area (Å²) in [5.41, 5.74) is 1.52. The quantitative estimate of drug-likeness (QED) is 0.348. The second-order valence-corrected chi connectivity index (χ2v) is 11.9. The molecule has 0 bridgehead atoms. The molecule has 0 aliphatic heterocycles. The maximum atomic E-state index is 13.9. The molecule has 1 N–H and O–H groups in total. The SMILES string of the molecule is Cc1cc(Cl)ccc1N(CC(=O)N(Cc1ccccc1Cl)[C@H](C)C(=O)NC(C)C)S(=O)(=O)c1ccccc1. The summed E-state index contributed by atoms with van der Waals surface area (Å²) >= 11 is 12.5. The summed E-state index contributed by atoms with van der Waals surface area (Å²) < 4.78 is 28.7. The summed E-state index contributed by atoms with van der Waals surface area (Å²) in [7, 11) is -4.15. The smallest absolute Gasteiger partial charge is 0.264 e. The van der Waals surface area contributed by atoms with Gasteiger partial charge < -0.3 is 10.2 Å². The standard InChI is InChI=1S/C28H31Cl2N3O4S/c1-19(2)31-28(35)21(4)32(17-22-10-8-9-13-25(22)30)27(34)18-33(26-15-14-23(29)16-20(26)3)38(36,37)24-11-6-5-7-12-24/h5-16,19,21H,17-18H2,1-4H3,(H,31,35)/t21-/m1/s1. The molecule has 0 aliphatic rings. The number of hydrogen-bond acceptors (Lipinski definition) is 4. The molecule has 0 saturated heterocycles. The molecule has 10 heteroatoms. The van der Waals surface area contributed by atoms with Gasteiger partial charge in [-0.25, -0.2) is 8.42 Å². The van der Waals surface area contributed by atoms with Crippen LogP contribution in [0.4, 0.5) is 5.69 Å². The first-order chi connectivity index (χ1) is 17.9. The van der Waals surface area contributed by atoms with E-state index in [-0.39, 0.29) is 23.4 Å². The summed E-state index contributed by atoms with van der Waals surface area (Å²) in [5.74, 6) is -0.925. The van der Waals surface area contributed by atoms with Crippen molar-refractivity contribution in [2.24, 2.45) is 0 Å². The number of nitrogens with one attached hydrogen (secondary N) is 1. The Hall–Kier alpha value is -3.07. The molecule has 0 aromatic heterocycles. The fraction of sp³-hybridized carbons (Fsp3) is 0.286. The second kappa shape index (κ2) is 12.7. The minimum Gasteiger partial charge on any atom is -0.352 e. The van der Waals surface area contributed by atoms with E-state index in [1.807, 2.05) is 13.8 Å². The van der Waals surface area contributed by atoms with Crippen LogP contribution in [0, 0.1) is 6.92 Å². The molecule has 7 nitrogen and oxygen atoms in total. The normalized spacial score (nSPS) is 12.2. The predicted octanol–water partition coefficient (Wildman–Crippen LogP) is 5.44. The van der Waals surface area contributed by atoms with Gasteiger partial charge >= 0.3 is 0 Å². The number of benzene rings is 3. The highest BCUT2D eigenvalue weighted by molar-refractivity contribution is 7.92. The maximum Gasteiger partial charge on any atom is 0.264 e. The number of halogens is 2. The number of nitrogens with zero attached hydrogens (tertiary/aromatic N) is 2. The Morgan fingerprint density at radius 1 is 0.921 bits per heavy atom. The third-order valence-electron chi connectivity index (χ3n) is 5.93. The van der Waals surface area contributed by atoms with Gasteiger partial charge in [-0.15, -0.1) is 0 Å². The average molecular weight is 577 g/mol. The van der Waals surface area contributed by atoms with Crippen LogP contribution in [0.15, 0.2) is 77.7 Å². The number of aryl methyl sites for hydroxylation is 1. The molecule has 0 spiro atoms. The summed E-state index contributed by atoms with van der Waals surface area (Å²) in [6, 6.07) is 18.6. The number of hydrogen-bond donors (Lipinski definition) is 1. The highest BCUT2D eigenvalue weighted by Gasteiger charge is 2.33. The van der Waals surface area contributed by atoms with Gasteiger partial charge in [0.1, 0.15) is 12.6 Å². The van der Waals surface area contributed by atoms with Crippen LogP contribution in [-0.2, 0) is 26.2 Å². The summed E-state index contributed by atoms with van der Waals surface area (Å²) in [6.07, 6.45) is 0. The molecule has 3 rings (SSSR count). The van der Waals surface area contributed by atoms with Crippen molar-refractivity contribution in [1.29, 1.82) is 0 Å². The van der Waals surface area contributed by atoms with Crippen molar-refractivity contribution in [3.63, 3.8) is 0 Å². The fourth-order valence-electron chi connectivity index (χ4n) is 3.93. The van der Waals surface area contributed by atoms with Gasteiger partial charge in [0, 0.05) is 22.6 Å². The van der Waals surface area contributed by atoms with E-state index in [4.69, 9.17) is 23.2 Å². The molecule has 3 aromatic carbocycles. The number of rotatable bonds is 10. The topological polar surface area (TPSA) is 86.8 Å². The van der Waals surface area contributed by atoms with Crippen molar-refractivity contribution in [2.75, 3.05) is 10.8 Å². The van der Waals surface area contributed by atoms with Crippen LogP contribution in [0.25, 0.3) is 0 Å². The van der Waals surface area contributed by atoms with Gasteiger partial charge in [-0.2, -0.15) is 0 Å². The van der Waals surface area contributed by atoms with Crippen molar-refractivity contribution in [3.05, 3.63) is 94.0 Å². The number of amides is 2. The van der Waals surface area contributed by atoms with Crippen LogP contribution in [0.3, 0.4) is 0 Å². The van der Waals surface area contributed by atoms with E-state index in [1.54, 1.807) is 74.5 Å². The molecule has 0 radical (unpaired) electrons. The highest BCUT2D eigenvalue weighted by atomic mass is 35.5. The first kappa shape index (κ1) is 29.5. The lowest BCUT2D eigenvalue weighted by Crippen LogP contribution is -2.52. The zero-order valence-corrected chi connectivity index (χ0v) is 24.0. The largest absolute Gasteiger partial charge is 0.352 e. The van der Waals surface area contributed by atoms with Gasteiger partial charge in [-0.3, -0.25) is 13.9 Å². The monoisotopic (exact) mass is 575 g/mol. The first-order valence-electron chi connectivity index (χ1n) is 12.1. The second-order valence-electron chi connectivity index (χ2n) is 9.21. The molecule has 0 unspecified atom stereocenters. The minimum atomic E-state index is -4.15. The average Bonchev–Trinajstić information content (AvgIpc) is 2.86. The third kappa shape index (κ3) is 7.07. The maximum absolute atomic E-state index is 13.9. The van der Waals surface area contributed by atoms with Gasteiger partial charge in [0.2, 0.25) is 11.8 Å². The number of sulfonamides is 1. The molecule has 0 saturated carbocycles. The predicted molar refractivity (Wildman–Crippen MR) is 152 cm³/mol. The van der Waals surface area contributed by atoms with Crippen molar-refractivity contribution < 1.29 is 18.0 Å². The Balaban J connectivity index is 2.07. The molecule has 0 fully saturated rings. The van der Waals surface area contributed by atoms with Crippen LogP contribution in [0.1, 0.15) is 31.9 Å². The van der Waals surface area contributed by atoms with Gasteiger partial charge in [-0.1, -0.05) is 59.6 Å². The lowest BCUT2D eigenvalue weighted by Gasteiger charge is -2.33. The van der Waals surface area contributed by atoms with Crippen LogP contribution < -0.4 is 9.62 Å². The zero-order valence-electron chi connectivity index (χ0n) is 21.7. The molecule has 38 heavy (non-hydrogen) atoms. The van der Waals surface area contributed by atoms with Crippen molar-refractivity contribution >= 4 is 50.7 Å². The van der Waals surface area contributed by atoms with E-state index in [9.17, 15) is 18.0 Å². The van der Waals surface area contributed by atoms with E-state index in [0.29, 0.717) is 26.9 Å². The van der Waals surface area contributed by atoms with Gasteiger partial charge in [0.15, 0.2) is 0 Å². The molecule has 2 amide bonds. The lowest BCUT2D eigenvalue weighted by atomic mass is 10.1. The molecular weight excluding hydrogens is 545 g/mol. The number of carbonyl (C=O) groups is 2. The summed E-state index contributed by atoms with van der Waals surface area (Å²) in [5, 5.41) is 3.70. The summed E-state index contributed by atoms with van der Waals surface area (Å²) in [6.45, 7) is 6.45. The third-order valence-corrected chi connectivity index (χ3v) is 8.31. The van der Waals surface area contributed by atoms with E-state index >= 15 is 0 Å². The van der Waals surface area contributed by atoms with E-state index in [2.05, 4.69) is 5.32 Å². The first-order valence-corrected chi connectivity index (χ1v) is 14.3. The van der Waals surface area contributed by atoms with Crippen LogP contribution in [0.2, 0.25) is 10.0 Å². The molecule has 0 heterocycles. The van der Waals surface area contributed by atoms with E-state index in [1.165, 1.54) is 17.0 Å². The molecule has 0 aliphatic carbocycles. The number of anilines is 1. The fourth-order valence-corrected chi connectivity index (χ4v) is 5.85. The Bertz CT molecular complexity index is 1400. The molecule has 3 aromatic rings. The minimum absolute atomic E-state index is 0.0179. The van der Waals surface area contributed by atoms with Gasteiger partial charge in [0.25, 0.3) is 10.0 Å². The van der Waals surface area contributed by atoms with Crippen molar-refractivity contribution in [1.82, 2.24) is 10.2 Å². The van der Waals surface area contributed by atoms with E-state index in [0.717, 1.165) is 4.31 Å². The van der Waals surface area contributed by atoms with Gasteiger partial charge in [0.05, 0.1) is 10.6 Å². The van der Waals surface area contributed by atoms with Crippen LogP contribution in [-0.4, -0.2) is 43.8 Å². The van der Waals surface area contributed by atoms with Crippen molar-refractivity contribution in [3.8, 4) is 0 Å². The van der Waals surface area contributed by atoms with Crippen molar-refractivity contribution in [2.45, 2.75) is 51.2 Å². The zero-order chi connectivity index (χ0) is 28.0. The molecule has 1 atom stereocenters. The Morgan fingerprint density at radius 2 is 1.55 bits per heavy atom. The molecular formula is C28H31Cl2N3O4S. The Morgan fingerprint density at radius 3 is 2.16 bits per heavy atom. The van der Waals surface area contributed by atoms with Crippen LogP contribution in [0.5, 0.6) is 0 Å². The van der Waals surface area contributed by atoms with Gasteiger partial charge in [-0.05, 0) is 75.2 Å². The highest BCUT2D eigenvalue weighted by Crippen LogP contribution is 2.29. The Labute approximate surface area is 234 Å². The van der Waals surface area contributed by atoms with Crippen LogP contribution >= 0.6 is 23.2 Å². The summed E-state index contributed by atoms with van der Waals surface area (Å²) in [4.78, 5) is 28.2. The molecule has 202 valence electrons. The lowest BCUT2D eigenvalue weighted by molar-refractivity contribution is -0.139. The Kier molecular flexibility index (Phi) is 9.82. The van der Waals surface area contributed by atoms with E-state index < -0.39 is 28.5 Å².